The van der Waals surface area contributed by atoms with Crippen LogP contribution in [0.5, 0.6) is 0 Å². The predicted molar refractivity (Wildman–Crippen MR) is 126 cm³/mol. The van der Waals surface area contributed by atoms with Crippen LogP contribution in [0.15, 0.2) is 65.8 Å². The van der Waals surface area contributed by atoms with Crippen LogP contribution in [0.1, 0.15) is 12.6 Å². The molecular formula is C23H25N5O3S. The zero-order chi connectivity index (χ0) is 22.1. The summed E-state index contributed by atoms with van der Waals surface area (Å²) in [4.78, 5) is 19.6. The second-order valence-corrected chi connectivity index (χ2v) is 10.0. The first-order chi connectivity index (χ1) is 15.5. The lowest BCUT2D eigenvalue weighted by Crippen LogP contribution is -2.44. The van der Waals surface area contributed by atoms with Crippen molar-refractivity contribution in [3.8, 4) is 11.4 Å². The molecule has 3 N–H and O–H groups in total. The van der Waals surface area contributed by atoms with E-state index < -0.39 is 10.6 Å². The van der Waals surface area contributed by atoms with E-state index in [4.69, 9.17) is 14.7 Å². The number of nitrogens with one attached hydrogen (secondary N) is 1. The number of hydrogen-bond acceptors (Lipinski definition) is 7. The third kappa shape index (κ3) is 4.20. The molecule has 1 atom stereocenters. The zero-order valence-corrected chi connectivity index (χ0v) is 18.5. The number of benzene rings is 2. The molecule has 5 rings (SSSR count). The van der Waals surface area contributed by atoms with Gasteiger partial charge in [0, 0.05) is 18.2 Å². The lowest BCUT2D eigenvalue weighted by molar-refractivity contribution is 0.0985. The Hall–Kier alpha value is -2.98. The molecule has 1 aliphatic heterocycles. The zero-order valence-electron chi connectivity index (χ0n) is 17.7. The highest BCUT2D eigenvalue weighted by Gasteiger charge is 2.24. The van der Waals surface area contributed by atoms with Crippen LogP contribution in [-0.4, -0.2) is 54.8 Å². The summed E-state index contributed by atoms with van der Waals surface area (Å²) in [6.07, 6.45) is 1.65. The summed E-state index contributed by atoms with van der Waals surface area (Å²) in [5.41, 5.74) is 3.18. The van der Waals surface area contributed by atoms with Gasteiger partial charge in [-0.25, -0.2) is 15.0 Å². The topological polar surface area (TPSA) is 107 Å². The van der Waals surface area contributed by atoms with Gasteiger partial charge in [0.2, 0.25) is 0 Å². The van der Waals surface area contributed by atoms with E-state index in [-0.39, 0.29) is 11.8 Å². The average Bonchev–Trinajstić information content (AvgIpc) is 3.27. The van der Waals surface area contributed by atoms with Gasteiger partial charge in [-0.05, 0) is 37.3 Å². The van der Waals surface area contributed by atoms with Gasteiger partial charge in [0.1, 0.15) is 5.82 Å². The number of H-pyrrole nitrogens is 1. The Bertz CT molecular complexity index is 1230. The van der Waals surface area contributed by atoms with Gasteiger partial charge in [0.25, 0.3) is 0 Å². The largest absolute Gasteiger partial charge is 0.377 e. The Kier molecular flexibility index (Phi) is 5.56. The Balaban J connectivity index is 1.57. The molecular weight excluding hydrogens is 426 g/mol. The second-order valence-electron chi connectivity index (χ2n) is 7.92. The maximum atomic E-state index is 10.9. The number of aromatic amines is 1. The molecule has 2 aromatic carbocycles. The van der Waals surface area contributed by atoms with Crippen LogP contribution in [0.4, 0.5) is 5.82 Å². The van der Waals surface area contributed by atoms with E-state index in [1.807, 2.05) is 30.3 Å². The summed E-state index contributed by atoms with van der Waals surface area (Å²) in [6.45, 7) is 4.05. The van der Waals surface area contributed by atoms with Gasteiger partial charge in [-0.15, -0.1) is 0 Å². The number of fused-ring (bicyclic) bond motifs is 1. The van der Waals surface area contributed by atoms with Crippen LogP contribution in [0, 0.1) is 0 Å². The number of ether oxygens (including phenoxy) is 1. The number of aromatic nitrogens is 4. The van der Waals surface area contributed by atoms with Gasteiger partial charge in [0.15, 0.2) is 5.82 Å². The van der Waals surface area contributed by atoms with E-state index in [0.717, 1.165) is 22.4 Å². The summed E-state index contributed by atoms with van der Waals surface area (Å²) < 4.78 is 27.4. The molecule has 1 aliphatic rings. The van der Waals surface area contributed by atoms with E-state index in [1.165, 1.54) is 0 Å². The van der Waals surface area contributed by atoms with Crippen LogP contribution in [-0.2, 0) is 10.5 Å². The molecule has 0 saturated carbocycles. The molecule has 4 aromatic rings. The van der Waals surface area contributed by atoms with Gasteiger partial charge in [-0.1, -0.05) is 18.2 Å². The number of rotatable bonds is 5. The summed E-state index contributed by atoms with van der Waals surface area (Å²) in [6, 6.07) is 16.7. The van der Waals surface area contributed by atoms with Crippen molar-refractivity contribution in [2.75, 3.05) is 24.7 Å². The van der Waals surface area contributed by atoms with Crippen molar-refractivity contribution in [2.24, 2.45) is 0 Å². The first-order valence-corrected chi connectivity index (χ1v) is 12.2. The molecule has 0 radical (unpaired) electrons. The number of morpholine rings is 1. The molecule has 0 amide bonds. The van der Waals surface area contributed by atoms with Crippen molar-refractivity contribution in [3.05, 3.63) is 66.6 Å². The van der Waals surface area contributed by atoms with E-state index in [1.54, 1.807) is 30.6 Å². The average molecular weight is 452 g/mol. The Labute approximate surface area is 187 Å². The smallest absolute Gasteiger partial charge is 0.161 e. The number of imidazole rings is 1. The fourth-order valence-corrected chi connectivity index (χ4v) is 5.22. The van der Waals surface area contributed by atoms with Gasteiger partial charge in [-0.2, -0.15) is 10.6 Å². The van der Waals surface area contributed by atoms with Crippen LogP contribution < -0.4 is 4.90 Å². The molecule has 166 valence electrons. The lowest BCUT2D eigenvalue weighted by atomic mass is 10.1. The van der Waals surface area contributed by atoms with Gasteiger partial charge >= 0.3 is 0 Å². The first-order valence-electron chi connectivity index (χ1n) is 10.5. The summed E-state index contributed by atoms with van der Waals surface area (Å²) in [7, 11) is -3.05. The number of hydrogen-bond donors (Lipinski definition) is 3. The molecule has 0 spiro atoms. The van der Waals surface area contributed by atoms with Crippen molar-refractivity contribution in [1.82, 2.24) is 19.9 Å². The standard InChI is InChI=1S/C23H25N5O3S/c1-16-13-31-10-9-28(16)22-12-18(14-32(29,30)19-5-3-2-4-6-19)26-23(27-22)17-7-8-20-21(11-17)25-15-24-20/h2-8,11-12,15-16,29-30H,9-10,13-14H2,1H3,(H,24,25)/t16-/m0/s1. The van der Waals surface area contributed by atoms with Crippen molar-refractivity contribution >= 4 is 27.4 Å². The highest BCUT2D eigenvalue weighted by molar-refractivity contribution is 8.23. The van der Waals surface area contributed by atoms with Crippen molar-refractivity contribution in [2.45, 2.75) is 23.6 Å². The van der Waals surface area contributed by atoms with Crippen LogP contribution in [0.25, 0.3) is 22.4 Å². The maximum absolute atomic E-state index is 10.9. The number of nitrogens with zero attached hydrogens (tertiary/aromatic N) is 4. The van der Waals surface area contributed by atoms with Crippen LogP contribution in [0.3, 0.4) is 0 Å². The molecule has 9 heteroatoms. The van der Waals surface area contributed by atoms with Gasteiger partial charge < -0.3 is 14.6 Å². The minimum Gasteiger partial charge on any atom is -0.377 e. The Morgan fingerprint density at radius 1 is 1.12 bits per heavy atom. The minimum atomic E-state index is -3.05. The molecule has 3 heterocycles. The molecule has 0 aliphatic carbocycles. The highest BCUT2D eigenvalue weighted by atomic mass is 32.3. The Morgan fingerprint density at radius 3 is 2.78 bits per heavy atom. The lowest BCUT2D eigenvalue weighted by Gasteiger charge is -2.35. The van der Waals surface area contributed by atoms with Crippen molar-refractivity contribution < 1.29 is 13.8 Å². The highest BCUT2D eigenvalue weighted by Crippen LogP contribution is 2.50. The van der Waals surface area contributed by atoms with Crippen molar-refractivity contribution in [1.29, 1.82) is 0 Å². The molecule has 1 fully saturated rings. The first kappa shape index (κ1) is 20.9. The maximum Gasteiger partial charge on any atom is 0.161 e. The molecule has 0 unspecified atom stereocenters. The second kappa shape index (κ2) is 8.51. The third-order valence-electron chi connectivity index (χ3n) is 5.58. The third-order valence-corrected chi connectivity index (χ3v) is 7.30. The Morgan fingerprint density at radius 2 is 1.97 bits per heavy atom. The minimum absolute atomic E-state index is 0.0184. The van der Waals surface area contributed by atoms with E-state index in [9.17, 15) is 9.11 Å². The number of anilines is 1. The molecule has 8 nitrogen and oxygen atoms in total. The quantitative estimate of drug-likeness (QED) is 0.408. The summed E-state index contributed by atoms with van der Waals surface area (Å²) >= 11 is 0. The van der Waals surface area contributed by atoms with Gasteiger partial charge in [0.05, 0.1) is 53.0 Å². The van der Waals surface area contributed by atoms with Crippen LogP contribution in [0.2, 0.25) is 0 Å². The monoisotopic (exact) mass is 451 g/mol. The fraction of sp³-hybridized carbons (Fsp3) is 0.261. The molecule has 2 aromatic heterocycles. The SMILES string of the molecule is C[C@H]1COCCN1c1cc(CS(O)(O)c2ccccc2)nc(-c2ccc3nc[nH]c3c2)n1. The molecule has 0 bridgehead atoms. The normalized spacial score (nSPS) is 17.6. The van der Waals surface area contributed by atoms with Gasteiger partial charge in [-0.3, -0.25) is 9.11 Å². The van der Waals surface area contributed by atoms with E-state index in [2.05, 4.69) is 21.8 Å². The van der Waals surface area contributed by atoms with Crippen molar-refractivity contribution in [3.63, 3.8) is 0 Å². The van der Waals surface area contributed by atoms with E-state index in [0.29, 0.717) is 36.2 Å². The summed E-state index contributed by atoms with van der Waals surface area (Å²) in [5, 5.41) is 0. The van der Waals surface area contributed by atoms with E-state index >= 15 is 0 Å². The summed E-state index contributed by atoms with van der Waals surface area (Å²) in [5.74, 6) is 1.31. The predicted octanol–water partition coefficient (Wildman–Crippen LogP) is 4.55. The molecule has 1 saturated heterocycles. The molecule has 32 heavy (non-hydrogen) atoms. The fourth-order valence-electron chi connectivity index (χ4n) is 3.90. The van der Waals surface area contributed by atoms with Crippen LogP contribution >= 0.6 is 10.6 Å².